The molecule has 2 aromatic heterocycles. The van der Waals surface area contributed by atoms with Gasteiger partial charge in [0.25, 0.3) is 0 Å². The Hall–Kier alpha value is -3.09. The van der Waals surface area contributed by atoms with E-state index in [1.807, 2.05) is 6.20 Å². The highest BCUT2D eigenvalue weighted by molar-refractivity contribution is 6.33. The van der Waals surface area contributed by atoms with Crippen LogP contribution < -0.4 is 15.5 Å². The second-order valence-electron chi connectivity index (χ2n) is 9.90. The molecule has 1 aliphatic heterocycles. The zero-order valence-corrected chi connectivity index (χ0v) is 21.0. The number of aryl methyl sites for hydroxylation is 1. The van der Waals surface area contributed by atoms with E-state index < -0.39 is 0 Å². The second-order valence-corrected chi connectivity index (χ2v) is 10.3. The molecule has 3 N–H and O–H groups in total. The summed E-state index contributed by atoms with van der Waals surface area (Å²) in [6.07, 6.45) is 8.54. The number of nitrogens with zero attached hydrogens (tertiary/aromatic N) is 3. The summed E-state index contributed by atoms with van der Waals surface area (Å²) in [7, 11) is 2.06. The number of hydrogen-bond acceptors (Lipinski definition) is 5. The molecule has 2 aromatic carbocycles. The first-order valence-electron chi connectivity index (χ1n) is 12.5. The topological polar surface area (TPSA) is 68.9 Å². The van der Waals surface area contributed by atoms with Gasteiger partial charge in [-0.05, 0) is 81.0 Å². The van der Waals surface area contributed by atoms with E-state index in [-0.39, 0.29) is 0 Å². The number of H-pyrrole nitrogens is 1. The number of piperidine rings is 1. The van der Waals surface area contributed by atoms with Crippen molar-refractivity contribution in [1.82, 2.24) is 20.3 Å². The van der Waals surface area contributed by atoms with Crippen LogP contribution in [0.15, 0.2) is 48.8 Å². The monoisotopic (exact) mass is 486 g/mol. The SMILES string of the molecule is CNC1CCN(c2cc(Nc3ncc(Cl)c(-c4c[nH]c5cc(C)ccc45)n3)cc(C3CC3)c2)CC1. The molecule has 0 radical (unpaired) electrons. The highest BCUT2D eigenvalue weighted by atomic mass is 35.5. The van der Waals surface area contributed by atoms with Crippen LogP contribution in [-0.4, -0.2) is 41.1 Å². The van der Waals surface area contributed by atoms with E-state index >= 15 is 0 Å². The van der Waals surface area contributed by atoms with Crippen molar-refractivity contribution in [2.45, 2.75) is 44.6 Å². The van der Waals surface area contributed by atoms with Gasteiger partial charge in [0.05, 0.1) is 16.9 Å². The van der Waals surface area contributed by atoms with Crippen LogP contribution in [0.25, 0.3) is 22.2 Å². The molecule has 1 saturated carbocycles. The van der Waals surface area contributed by atoms with Crippen LogP contribution in [0.2, 0.25) is 5.02 Å². The maximum Gasteiger partial charge on any atom is 0.227 e. The number of nitrogens with one attached hydrogen (secondary N) is 3. The van der Waals surface area contributed by atoms with Gasteiger partial charge in [-0.3, -0.25) is 0 Å². The van der Waals surface area contributed by atoms with E-state index in [4.69, 9.17) is 16.6 Å². The number of hydrogen-bond donors (Lipinski definition) is 3. The Balaban J connectivity index is 1.31. The van der Waals surface area contributed by atoms with Crippen molar-refractivity contribution in [2.24, 2.45) is 0 Å². The summed E-state index contributed by atoms with van der Waals surface area (Å²) in [4.78, 5) is 15.2. The lowest BCUT2D eigenvalue weighted by Crippen LogP contribution is -2.41. The number of fused-ring (bicyclic) bond motifs is 1. The predicted molar refractivity (Wildman–Crippen MR) is 145 cm³/mol. The minimum atomic E-state index is 0.539. The fourth-order valence-corrected chi connectivity index (χ4v) is 5.34. The van der Waals surface area contributed by atoms with Crippen LogP contribution in [-0.2, 0) is 0 Å². The fourth-order valence-electron chi connectivity index (χ4n) is 5.15. The molecule has 7 heteroatoms. The fraction of sp³-hybridized carbons (Fsp3) is 0.357. The normalized spacial score (nSPS) is 16.7. The minimum absolute atomic E-state index is 0.539. The Labute approximate surface area is 211 Å². The van der Waals surface area contributed by atoms with Gasteiger partial charge in [-0.25, -0.2) is 9.97 Å². The maximum absolute atomic E-state index is 6.57. The van der Waals surface area contributed by atoms with Crippen LogP contribution >= 0.6 is 11.6 Å². The van der Waals surface area contributed by atoms with E-state index in [1.165, 1.54) is 42.5 Å². The molecular formula is C28H31ClN6. The summed E-state index contributed by atoms with van der Waals surface area (Å²) in [6, 6.07) is 13.8. The zero-order valence-electron chi connectivity index (χ0n) is 20.2. The van der Waals surface area contributed by atoms with Crippen molar-refractivity contribution in [3.63, 3.8) is 0 Å². The average molecular weight is 487 g/mol. The third kappa shape index (κ3) is 4.60. The van der Waals surface area contributed by atoms with E-state index in [0.717, 1.165) is 40.9 Å². The standard InChI is InChI=1S/C28H31ClN6/c1-17-3-6-23-24(15-31-26(23)11-17)27-25(29)16-32-28(34-27)33-21-12-19(18-4-5-18)13-22(14-21)35-9-7-20(30-2)8-10-35/h3,6,11-16,18,20,30-31H,4-5,7-10H2,1-2H3,(H,32,33,34). The van der Waals surface area contributed by atoms with E-state index in [1.54, 1.807) is 6.20 Å². The lowest BCUT2D eigenvalue weighted by atomic mass is 10.0. The first-order valence-corrected chi connectivity index (χ1v) is 12.9. The summed E-state index contributed by atoms with van der Waals surface area (Å²) >= 11 is 6.57. The molecule has 1 saturated heterocycles. The second kappa shape index (κ2) is 9.17. The van der Waals surface area contributed by atoms with Gasteiger partial charge in [0.15, 0.2) is 0 Å². The van der Waals surface area contributed by atoms with Crippen molar-refractivity contribution < 1.29 is 0 Å². The van der Waals surface area contributed by atoms with Gasteiger partial charge in [0.2, 0.25) is 5.95 Å². The molecule has 6 rings (SSSR count). The van der Waals surface area contributed by atoms with Crippen molar-refractivity contribution in [3.8, 4) is 11.3 Å². The summed E-state index contributed by atoms with van der Waals surface area (Å²) in [5, 5.41) is 8.55. The van der Waals surface area contributed by atoms with Crippen LogP contribution in [0.1, 0.15) is 42.7 Å². The number of anilines is 3. The Morgan fingerprint density at radius 3 is 2.66 bits per heavy atom. The van der Waals surface area contributed by atoms with Crippen molar-refractivity contribution in [1.29, 1.82) is 0 Å². The summed E-state index contributed by atoms with van der Waals surface area (Å²) in [5.41, 5.74) is 7.72. The Bertz CT molecular complexity index is 1370. The summed E-state index contributed by atoms with van der Waals surface area (Å²) < 4.78 is 0. The van der Waals surface area contributed by atoms with Gasteiger partial charge in [-0.15, -0.1) is 0 Å². The molecule has 4 aromatic rings. The minimum Gasteiger partial charge on any atom is -0.371 e. The van der Waals surface area contributed by atoms with Crippen LogP contribution in [0, 0.1) is 6.92 Å². The Morgan fingerprint density at radius 2 is 1.89 bits per heavy atom. The van der Waals surface area contributed by atoms with Gasteiger partial charge in [-0.2, -0.15) is 0 Å². The largest absolute Gasteiger partial charge is 0.371 e. The summed E-state index contributed by atoms with van der Waals surface area (Å²) in [5.74, 6) is 1.22. The first-order chi connectivity index (χ1) is 17.1. The van der Waals surface area contributed by atoms with Crippen LogP contribution in [0.4, 0.5) is 17.3 Å². The highest BCUT2D eigenvalue weighted by Crippen LogP contribution is 2.43. The molecule has 0 atom stereocenters. The van der Waals surface area contributed by atoms with E-state index in [2.05, 4.69) is 75.9 Å². The molecule has 0 unspecified atom stereocenters. The molecule has 0 spiro atoms. The van der Waals surface area contributed by atoms with E-state index in [0.29, 0.717) is 22.9 Å². The summed E-state index contributed by atoms with van der Waals surface area (Å²) in [6.45, 7) is 4.23. The molecule has 2 fully saturated rings. The third-order valence-electron chi connectivity index (χ3n) is 7.35. The van der Waals surface area contributed by atoms with Crippen molar-refractivity contribution >= 4 is 39.8 Å². The number of rotatable bonds is 6. The number of aromatic amines is 1. The maximum atomic E-state index is 6.57. The van der Waals surface area contributed by atoms with Crippen LogP contribution in [0.3, 0.4) is 0 Å². The molecule has 35 heavy (non-hydrogen) atoms. The van der Waals surface area contributed by atoms with Gasteiger partial charge in [0, 0.05) is 53.2 Å². The molecule has 180 valence electrons. The molecule has 3 heterocycles. The van der Waals surface area contributed by atoms with Crippen LogP contribution in [0.5, 0.6) is 0 Å². The Kier molecular flexibility index (Phi) is 5.86. The molecule has 2 aliphatic rings. The molecule has 6 nitrogen and oxygen atoms in total. The number of aromatic nitrogens is 3. The number of halogens is 1. The van der Waals surface area contributed by atoms with Gasteiger partial charge < -0.3 is 20.5 Å². The van der Waals surface area contributed by atoms with Gasteiger partial charge >= 0.3 is 0 Å². The smallest absolute Gasteiger partial charge is 0.227 e. The number of benzene rings is 2. The molecule has 0 amide bonds. The first kappa shape index (κ1) is 22.4. The highest BCUT2D eigenvalue weighted by Gasteiger charge is 2.26. The molecular weight excluding hydrogens is 456 g/mol. The van der Waals surface area contributed by atoms with Crippen molar-refractivity contribution in [3.05, 3.63) is 64.9 Å². The molecule has 0 bridgehead atoms. The third-order valence-corrected chi connectivity index (χ3v) is 7.63. The quantitative estimate of drug-likeness (QED) is 0.294. The lowest BCUT2D eigenvalue weighted by molar-refractivity contribution is 0.442. The Morgan fingerprint density at radius 1 is 1.06 bits per heavy atom. The molecule has 1 aliphatic carbocycles. The van der Waals surface area contributed by atoms with Gasteiger partial charge in [0.1, 0.15) is 0 Å². The van der Waals surface area contributed by atoms with E-state index in [9.17, 15) is 0 Å². The van der Waals surface area contributed by atoms with Crippen molar-refractivity contribution in [2.75, 3.05) is 30.4 Å². The predicted octanol–water partition coefficient (Wildman–Crippen LogP) is 6.40. The van der Waals surface area contributed by atoms with Gasteiger partial charge in [-0.1, -0.05) is 23.7 Å². The lowest BCUT2D eigenvalue weighted by Gasteiger charge is -2.34. The average Bonchev–Trinajstić information content (AvgIpc) is 3.65. The zero-order chi connectivity index (χ0) is 23.9.